The zero-order chi connectivity index (χ0) is 17.8. The van der Waals surface area contributed by atoms with Crippen molar-refractivity contribution >= 4 is 23.0 Å². The Bertz CT molecular complexity index is 831. The monoisotopic (exact) mass is 341 g/mol. The number of nitrogens with one attached hydrogen (secondary N) is 2. The minimum atomic E-state index is -0.474. The predicted molar refractivity (Wildman–Crippen MR) is 100 cm³/mol. The molecule has 1 amide bonds. The summed E-state index contributed by atoms with van der Waals surface area (Å²) in [6.07, 6.45) is 3.22. The number of anilines is 3. The molecule has 3 rings (SSSR count). The van der Waals surface area contributed by atoms with Gasteiger partial charge in [0.1, 0.15) is 11.4 Å². The lowest BCUT2D eigenvalue weighted by atomic mass is 10.1. The van der Waals surface area contributed by atoms with Crippen molar-refractivity contribution in [1.29, 1.82) is 0 Å². The molecule has 2 aromatic rings. The molecule has 132 valence electrons. The second-order valence-electron chi connectivity index (χ2n) is 6.35. The third kappa shape index (κ3) is 3.73. The largest absolute Gasteiger partial charge is 0.379 e. The molecule has 0 radical (unpaired) electrons. The van der Waals surface area contributed by atoms with Crippen LogP contribution in [-0.4, -0.2) is 25.5 Å². The van der Waals surface area contributed by atoms with Crippen molar-refractivity contribution in [3.63, 3.8) is 0 Å². The third-order valence-corrected chi connectivity index (χ3v) is 4.58. The molecule has 1 aliphatic heterocycles. The Morgan fingerprint density at radius 2 is 1.92 bits per heavy atom. The average molecular weight is 341 g/mol. The number of benzene rings is 1. The molecule has 0 saturated carbocycles. The SMILES string of the molecule is CCc1cccc(NC(=O)CCNc2c(N3CCCC3)c(=O)c2=O)c1. The predicted octanol–water partition coefficient (Wildman–Crippen LogP) is 1.89. The molecule has 0 unspecified atom stereocenters. The molecule has 6 heteroatoms. The van der Waals surface area contributed by atoms with Crippen molar-refractivity contribution in [2.24, 2.45) is 0 Å². The minimum Gasteiger partial charge on any atom is -0.379 e. The van der Waals surface area contributed by atoms with Gasteiger partial charge in [0.2, 0.25) is 5.91 Å². The fourth-order valence-electron chi connectivity index (χ4n) is 3.18. The Labute approximate surface area is 146 Å². The summed E-state index contributed by atoms with van der Waals surface area (Å²) in [5.74, 6) is -0.123. The van der Waals surface area contributed by atoms with Gasteiger partial charge >= 0.3 is 0 Å². The fourth-order valence-corrected chi connectivity index (χ4v) is 3.18. The highest BCUT2D eigenvalue weighted by molar-refractivity contribution is 5.91. The quantitative estimate of drug-likeness (QED) is 0.752. The maximum absolute atomic E-state index is 12.1. The Hall–Kier alpha value is -2.63. The van der Waals surface area contributed by atoms with Gasteiger partial charge in [-0.25, -0.2) is 0 Å². The van der Waals surface area contributed by atoms with Gasteiger partial charge in [-0.2, -0.15) is 0 Å². The zero-order valence-corrected chi connectivity index (χ0v) is 14.4. The number of carbonyl (C=O) groups excluding carboxylic acids is 1. The number of hydrogen-bond acceptors (Lipinski definition) is 5. The summed E-state index contributed by atoms with van der Waals surface area (Å²) in [4.78, 5) is 37.6. The molecule has 0 aliphatic carbocycles. The molecule has 1 fully saturated rings. The van der Waals surface area contributed by atoms with E-state index in [9.17, 15) is 14.4 Å². The third-order valence-electron chi connectivity index (χ3n) is 4.58. The van der Waals surface area contributed by atoms with Crippen LogP contribution < -0.4 is 26.4 Å². The summed E-state index contributed by atoms with van der Waals surface area (Å²) < 4.78 is 0. The van der Waals surface area contributed by atoms with Crippen molar-refractivity contribution in [2.75, 3.05) is 35.2 Å². The van der Waals surface area contributed by atoms with Crippen LogP contribution in [0.2, 0.25) is 0 Å². The Balaban J connectivity index is 1.53. The molecular formula is C19H23N3O3. The summed E-state index contributed by atoms with van der Waals surface area (Å²) >= 11 is 0. The summed E-state index contributed by atoms with van der Waals surface area (Å²) in [5.41, 5.74) is 1.92. The molecule has 0 atom stereocenters. The molecule has 1 aliphatic rings. The van der Waals surface area contributed by atoms with Crippen molar-refractivity contribution in [1.82, 2.24) is 0 Å². The molecular weight excluding hydrogens is 318 g/mol. The van der Waals surface area contributed by atoms with Crippen molar-refractivity contribution in [3.05, 3.63) is 50.3 Å². The van der Waals surface area contributed by atoms with E-state index in [1.165, 1.54) is 0 Å². The van der Waals surface area contributed by atoms with Crippen LogP contribution in [0.1, 0.15) is 31.7 Å². The van der Waals surface area contributed by atoms with Crippen LogP contribution in [0.4, 0.5) is 17.1 Å². The highest BCUT2D eigenvalue weighted by atomic mass is 16.2. The number of rotatable bonds is 7. The molecule has 2 aromatic carbocycles. The van der Waals surface area contributed by atoms with E-state index >= 15 is 0 Å². The Morgan fingerprint density at radius 3 is 2.64 bits per heavy atom. The van der Waals surface area contributed by atoms with Gasteiger partial charge in [-0.15, -0.1) is 0 Å². The van der Waals surface area contributed by atoms with E-state index in [0.29, 0.717) is 17.9 Å². The highest BCUT2D eigenvalue weighted by Crippen LogP contribution is 2.24. The standard InChI is InChI=1S/C19H23N3O3/c1-2-13-6-5-7-14(12-13)21-15(23)8-9-20-16-17(19(25)18(16)24)22-10-3-4-11-22/h5-7,12,20H,2-4,8-11H2,1H3,(H,21,23). The lowest BCUT2D eigenvalue weighted by Crippen LogP contribution is -2.42. The molecule has 1 heterocycles. The van der Waals surface area contributed by atoms with Crippen molar-refractivity contribution in [2.45, 2.75) is 32.6 Å². The first-order valence-electron chi connectivity index (χ1n) is 8.81. The fraction of sp³-hybridized carbons (Fsp3) is 0.421. The maximum Gasteiger partial charge on any atom is 0.253 e. The molecule has 0 aromatic heterocycles. The van der Waals surface area contributed by atoms with E-state index in [4.69, 9.17) is 0 Å². The number of carbonyl (C=O) groups is 1. The minimum absolute atomic E-state index is 0.123. The first kappa shape index (κ1) is 17.2. The van der Waals surface area contributed by atoms with Gasteiger partial charge < -0.3 is 15.5 Å². The summed E-state index contributed by atoms with van der Waals surface area (Å²) in [5, 5.41) is 5.83. The second kappa shape index (κ2) is 7.51. The summed E-state index contributed by atoms with van der Waals surface area (Å²) in [6, 6.07) is 7.74. The first-order valence-corrected chi connectivity index (χ1v) is 8.81. The Morgan fingerprint density at radius 1 is 1.16 bits per heavy atom. The number of hydrogen-bond donors (Lipinski definition) is 2. The number of aryl methyl sites for hydroxylation is 1. The second-order valence-corrected chi connectivity index (χ2v) is 6.35. The van der Waals surface area contributed by atoms with E-state index in [1.807, 2.05) is 29.2 Å². The number of amides is 1. The van der Waals surface area contributed by atoms with Crippen LogP contribution in [0.3, 0.4) is 0 Å². The van der Waals surface area contributed by atoms with Crippen molar-refractivity contribution in [3.8, 4) is 0 Å². The van der Waals surface area contributed by atoms with E-state index in [2.05, 4.69) is 17.6 Å². The van der Waals surface area contributed by atoms with Crippen LogP contribution in [0, 0.1) is 0 Å². The van der Waals surface area contributed by atoms with Crippen molar-refractivity contribution < 1.29 is 4.79 Å². The summed E-state index contributed by atoms with van der Waals surface area (Å²) in [7, 11) is 0. The topological polar surface area (TPSA) is 78.5 Å². The van der Waals surface area contributed by atoms with E-state index in [0.717, 1.165) is 43.6 Å². The van der Waals surface area contributed by atoms with E-state index in [-0.39, 0.29) is 12.3 Å². The molecule has 0 bridgehead atoms. The lowest BCUT2D eigenvalue weighted by molar-refractivity contribution is -0.115. The molecule has 0 spiro atoms. The first-order chi connectivity index (χ1) is 12.1. The lowest BCUT2D eigenvalue weighted by Gasteiger charge is -2.22. The van der Waals surface area contributed by atoms with Crippen LogP contribution in [0.25, 0.3) is 0 Å². The van der Waals surface area contributed by atoms with Crippen LogP contribution in [-0.2, 0) is 11.2 Å². The van der Waals surface area contributed by atoms with E-state index in [1.54, 1.807) is 0 Å². The van der Waals surface area contributed by atoms with Crippen LogP contribution >= 0.6 is 0 Å². The van der Waals surface area contributed by atoms with Gasteiger partial charge in [0.15, 0.2) is 0 Å². The average Bonchev–Trinajstić information content (AvgIpc) is 3.14. The van der Waals surface area contributed by atoms with Crippen LogP contribution in [0.15, 0.2) is 33.9 Å². The highest BCUT2D eigenvalue weighted by Gasteiger charge is 2.27. The van der Waals surface area contributed by atoms with Gasteiger partial charge in [-0.3, -0.25) is 14.4 Å². The van der Waals surface area contributed by atoms with Gasteiger partial charge in [0, 0.05) is 31.7 Å². The van der Waals surface area contributed by atoms with E-state index < -0.39 is 10.9 Å². The van der Waals surface area contributed by atoms with Crippen LogP contribution in [0.5, 0.6) is 0 Å². The number of nitrogens with zero attached hydrogens (tertiary/aromatic N) is 1. The summed E-state index contributed by atoms with van der Waals surface area (Å²) in [6.45, 7) is 4.01. The molecule has 6 nitrogen and oxygen atoms in total. The van der Waals surface area contributed by atoms with Gasteiger partial charge in [-0.05, 0) is 37.0 Å². The normalized spacial score (nSPS) is 14.0. The van der Waals surface area contributed by atoms with Gasteiger partial charge in [0.25, 0.3) is 10.9 Å². The molecule has 2 N–H and O–H groups in total. The zero-order valence-electron chi connectivity index (χ0n) is 14.4. The smallest absolute Gasteiger partial charge is 0.253 e. The maximum atomic E-state index is 12.1. The van der Waals surface area contributed by atoms with Gasteiger partial charge in [-0.1, -0.05) is 19.1 Å². The molecule has 25 heavy (non-hydrogen) atoms. The van der Waals surface area contributed by atoms with Gasteiger partial charge in [0.05, 0.1) is 0 Å². The molecule has 1 saturated heterocycles. The Kier molecular flexibility index (Phi) is 5.16.